The molecule has 6 heteroatoms. The van der Waals surface area contributed by atoms with Crippen LogP contribution in [0.4, 0.5) is 4.79 Å². The number of carboxylic acids is 1. The lowest BCUT2D eigenvalue weighted by Crippen LogP contribution is -2.40. The average Bonchev–Trinajstić information content (AvgIpc) is 1.63. The second-order valence-electron chi connectivity index (χ2n) is 1.30. The normalized spacial score (nSPS) is 8.56. The summed E-state index contributed by atoms with van der Waals surface area (Å²) in [6, 6.07) is 0. The summed E-state index contributed by atoms with van der Waals surface area (Å²) in [5.41, 5.74) is 0. The predicted molar refractivity (Wildman–Crippen MR) is 26.6 cm³/mol. The SMILES string of the molecule is NN(CC(=O)O)C(=O)O. The molecule has 0 aromatic heterocycles. The molecule has 6 nitrogen and oxygen atoms in total. The highest BCUT2D eigenvalue weighted by atomic mass is 16.4. The monoisotopic (exact) mass is 134 g/mol. The van der Waals surface area contributed by atoms with Crippen LogP contribution in [0.2, 0.25) is 0 Å². The number of nitrogens with zero attached hydrogens (tertiary/aromatic N) is 1. The van der Waals surface area contributed by atoms with Crippen LogP contribution in [0.1, 0.15) is 0 Å². The Kier molecular flexibility index (Phi) is 2.46. The van der Waals surface area contributed by atoms with E-state index in [0.717, 1.165) is 0 Å². The minimum absolute atomic E-state index is 0.183. The fraction of sp³-hybridized carbons (Fsp3) is 0.333. The highest BCUT2D eigenvalue weighted by Gasteiger charge is 2.08. The maximum absolute atomic E-state index is 9.77. The van der Waals surface area contributed by atoms with Crippen LogP contribution in [-0.2, 0) is 4.79 Å². The molecule has 1 amide bonds. The second kappa shape index (κ2) is 2.88. The van der Waals surface area contributed by atoms with Crippen LogP contribution in [-0.4, -0.2) is 33.8 Å². The summed E-state index contributed by atoms with van der Waals surface area (Å²) in [7, 11) is 0. The smallest absolute Gasteiger partial charge is 0.422 e. The van der Waals surface area contributed by atoms with Crippen LogP contribution in [0, 0.1) is 0 Å². The molecule has 0 unspecified atom stereocenters. The zero-order valence-electron chi connectivity index (χ0n) is 4.44. The number of carbonyl (C=O) groups is 2. The van der Waals surface area contributed by atoms with Gasteiger partial charge in [0.15, 0.2) is 0 Å². The van der Waals surface area contributed by atoms with Crippen molar-refractivity contribution >= 4 is 12.1 Å². The van der Waals surface area contributed by atoms with Gasteiger partial charge < -0.3 is 10.2 Å². The highest BCUT2D eigenvalue weighted by molar-refractivity contribution is 5.75. The van der Waals surface area contributed by atoms with E-state index in [2.05, 4.69) is 5.84 Å². The third-order valence-corrected chi connectivity index (χ3v) is 0.551. The summed E-state index contributed by atoms with van der Waals surface area (Å²) < 4.78 is 0. The highest BCUT2D eigenvalue weighted by Crippen LogP contribution is 1.76. The molecule has 4 N–H and O–H groups in total. The minimum atomic E-state index is -1.46. The Morgan fingerprint density at radius 3 is 2.00 bits per heavy atom. The van der Waals surface area contributed by atoms with Gasteiger partial charge in [0.2, 0.25) is 0 Å². The Balaban J connectivity index is 3.63. The molecule has 0 bridgehead atoms. The Labute approximate surface area is 50.5 Å². The van der Waals surface area contributed by atoms with E-state index in [9.17, 15) is 9.59 Å². The summed E-state index contributed by atoms with van der Waals surface area (Å²) in [4.78, 5) is 19.5. The third-order valence-electron chi connectivity index (χ3n) is 0.551. The van der Waals surface area contributed by atoms with Crippen LogP contribution in [0.3, 0.4) is 0 Å². The number of nitrogens with two attached hydrogens (primary N) is 1. The van der Waals surface area contributed by atoms with Crippen LogP contribution in [0.15, 0.2) is 0 Å². The largest absolute Gasteiger partial charge is 0.480 e. The van der Waals surface area contributed by atoms with Gasteiger partial charge in [0.05, 0.1) is 0 Å². The van der Waals surface area contributed by atoms with Crippen molar-refractivity contribution in [1.29, 1.82) is 0 Å². The van der Waals surface area contributed by atoms with Gasteiger partial charge >= 0.3 is 12.1 Å². The van der Waals surface area contributed by atoms with E-state index in [1.807, 2.05) is 0 Å². The van der Waals surface area contributed by atoms with Gasteiger partial charge in [-0.05, 0) is 0 Å². The lowest BCUT2D eigenvalue weighted by Gasteiger charge is -2.06. The summed E-state index contributed by atoms with van der Waals surface area (Å²) >= 11 is 0. The molecular formula is C3H6N2O4. The number of rotatable bonds is 2. The maximum atomic E-state index is 9.77. The van der Waals surface area contributed by atoms with E-state index in [0.29, 0.717) is 0 Å². The zero-order valence-corrected chi connectivity index (χ0v) is 4.44. The fourth-order valence-corrected chi connectivity index (χ4v) is 0.213. The minimum Gasteiger partial charge on any atom is -0.480 e. The molecule has 0 atom stereocenters. The van der Waals surface area contributed by atoms with E-state index in [1.165, 1.54) is 0 Å². The van der Waals surface area contributed by atoms with Crippen molar-refractivity contribution < 1.29 is 19.8 Å². The molecule has 0 aliphatic heterocycles. The molecule has 0 radical (unpaired) electrons. The number of aliphatic carboxylic acids is 1. The molecule has 9 heavy (non-hydrogen) atoms. The van der Waals surface area contributed by atoms with Gasteiger partial charge in [-0.25, -0.2) is 15.6 Å². The molecule has 0 aliphatic carbocycles. The molecule has 0 rings (SSSR count). The van der Waals surface area contributed by atoms with E-state index < -0.39 is 18.6 Å². The zero-order chi connectivity index (χ0) is 7.44. The van der Waals surface area contributed by atoms with Crippen molar-refractivity contribution in [2.75, 3.05) is 6.54 Å². The topological polar surface area (TPSA) is 104 Å². The van der Waals surface area contributed by atoms with E-state index in [1.54, 1.807) is 0 Å². The van der Waals surface area contributed by atoms with Crippen LogP contribution in [0.25, 0.3) is 0 Å². The van der Waals surface area contributed by atoms with Crippen molar-refractivity contribution in [2.45, 2.75) is 0 Å². The van der Waals surface area contributed by atoms with Crippen molar-refractivity contribution in [2.24, 2.45) is 5.84 Å². The Morgan fingerprint density at radius 2 is 1.89 bits per heavy atom. The molecule has 0 saturated carbocycles. The Hall–Kier alpha value is -1.30. The molecule has 0 aliphatic rings. The summed E-state index contributed by atoms with van der Waals surface area (Å²) in [5.74, 6) is 3.39. The second-order valence-corrected chi connectivity index (χ2v) is 1.30. The van der Waals surface area contributed by atoms with Crippen molar-refractivity contribution in [1.82, 2.24) is 5.01 Å². The number of hydrogen-bond donors (Lipinski definition) is 3. The summed E-state index contributed by atoms with van der Waals surface area (Å²) in [6.07, 6.45) is -1.46. The van der Waals surface area contributed by atoms with E-state index >= 15 is 0 Å². The van der Waals surface area contributed by atoms with Gasteiger partial charge in [-0.15, -0.1) is 0 Å². The first kappa shape index (κ1) is 7.70. The Morgan fingerprint density at radius 1 is 1.44 bits per heavy atom. The van der Waals surface area contributed by atoms with Gasteiger partial charge in [0.1, 0.15) is 6.54 Å². The fourth-order valence-electron chi connectivity index (χ4n) is 0.213. The molecule has 0 heterocycles. The van der Waals surface area contributed by atoms with Gasteiger partial charge in [-0.3, -0.25) is 4.79 Å². The number of hydrogen-bond acceptors (Lipinski definition) is 3. The maximum Gasteiger partial charge on any atom is 0.422 e. The Bertz CT molecular complexity index is 134. The molecule has 0 saturated heterocycles. The standard InChI is InChI=1S/C3H6N2O4/c4-5(3(8)9)1-2(6)7/h1,4H2,(H,6,7)(H,8,9). The number of carboxylic acid groups (broad SMARTS) is 2. The first-order valence-corrected chi connectivity index (χ1v) is 2.01. The first-order chi connectivity index (χ1) is 4.04. The van der Waals surface area contributed by atoms with Crippen LogP contribution >= 0.6 is 0 Å². The van der Waals surface area contributed by atoms with Crippen molar-refractivity contribution in [3.8, 4) is 0 Å². The lowest BCUT2D eigenvalue weighted by molar-refractivity contribution is -0.137. The summed E-state index contributed by atoms with van der Waals surface area (Å²) in [6.45, 7) is -0.699. The first-order valence-electron chi connectivity index (χ1n) is 2.01. The number of amides is 1. The van der Waals surface area contributed by atoms with E-state index in [-0.39, 0.29) is 5.01 Å². The molecule has 0 fully saturated rings. The van der Waals surface area contributed by atoms with Gasteiger partial charge in [0.25, 0.3) is 0 Å². The molecular weight excluding hydrogens is 128 g/mol. The molecule has 0 aromatic carbocycles. The molecule has 0 spiro atoms. The van der Waals surface area contributed by atoms with Gasteiger partial charge in [-0.2, -0.15) is 0 Å². The molecule has 0 aromatic rings. The number of hydrazine groups is 1. The third kappa shape index (κ3) is 3.30. The van der Waals surface area contributed by atoms with Gasteiger partial charge in [0, 0.05) is 0 Å². The van der Waals surface area contributed by atoms with Crippen molar-refractivity contribution in [3.05, 3.63) is 0 Å². The van der Waals surface area contributed by atoms with Crippen molar-refractivity contribution in [3.63, 3.8) is 0 Å². The van der Waals surface area contributed by atoms with Gasteiger partial charge in [-0.1, -0.05) is 0 Å². The predicted octanol–water partition coefficient (Wildman–Crippen LogP) is -1.08. The van der Waals surface area contributed by atoms with Crippen LogP contribution in [0.5, 0.6) is 0 Å². The quantitative estimate of drug-likeness (QED) is 0.253. The average molecular weight is 134 g/mol. The van der Waals surface area contributed by atoms with Crippen LogP contribution < -0.4 is 5.84 Å². The lowest BCUT2D eigenvalue weighted by atomic mass is 10.6. The molecule has 52 valence electrons. The van der Waals surface area contributed by atoms with E-state index in [4.69, 9.17) is 10.2 Å². The summed E-state index contributed by atoms with van der Waals surface area (Å²) in [5, 5.41) is 16.1.